The predicted octanol–water partition coefficient (Wildman–Crippen LogP) is 0.116. The number of carbonyl (C=O) groups excluding carboxylic acids is 1. The predicted molar refractivity (Wildman–Crippen MR) is 107 cm³/mol. The van der Waals surface area contributed by atoms with E-state index in [4.69, 9.17) is 0 Å². The highest BCUT2D eigenvalue weighted by Gasteiger charge is 2.25. The van der Waals surface area contributed by atoms with E-state index in [1.165, 1.54) is 48.8 Å². The van der Waals surface area contributed by atoms with E-state index >= 15 is 0 Å². The average Bonchev–Trinajstić information content (AvgIpc) is 2.67. The van der Waals surface area contributed by atoms with Crippen LogP contribution < -0.4 is 11.2 Å². The Morgan fingerprint density at radius 2 is 1.75 bits per heavy atom. The van der Waals surface area contributed by atoms with Crippen molar-refractivity contribution in [3.8, 4) is 0 Å². The van der Waals surface area contributed by atoms with E-state index < -0.39 is 21.3 Å². The van der Waals surface area contributed by atoms with Crippen LogP contribution in [0.1, 0.15) is 19.8 Å². The number of hydrogen-bond donors (Lipinski definition) is 0. The van der Waals surface area contributed by atoms with Gasteiger partial charge in [-0.2, -0.15) is 4.31 Å². The van der Waals surface area contributed by atoms with Gasteiger partial charge in [-0.25, -0.2) is 13.2 Å². The van der Waals surface area contributed by atoms with E-state index in [1.807, 2.05) is 6.92 Å². The summed E-state index contributed by atoms with van der Waals surface area (Å²) in [5, 5.41) is 0.116. The molecular formula is C18H26N4O5S. The molecule has 0 spiro atoms. The minimum atomic E-state index is -3.98. The SMILES string of the molecule is CCCCN(C)C(=O)CN(C)S(=O)(=O)c1ccc2c(c1)c(=O)n(C)c(=O)n2C. The highest BCUT2D eigenvalue weighted by Crippen LogP contribution is 2.18. The van der Waals surface area contributed by atoms with E-state index in [0.29, 0.717) is 12.1 Å². The summed E-state index contributed by atoms with van der Waals surface area (Å²) in [5.41, 5.74) is -0.732. The zero-order valence-electron chi connectivity index (χ0n) is 16.8. The van der Waals surface area contributed by atoms with Crippen LogP contribution in [0.3, 0.4) is 0 Å². The Kier molecular flexibility index (Phi) is 6.45. The fourth-order valence-corrected chi connectivity index (χ4v) is 3.98. The first-order valence-electron chi connectivity index (χ1n) is 8.92. The molecule has 154 valence electrons. The number of carbonyl (C=O) groups is 1. The Hall–Kier alpha value is -2.46. The van der Waals surface area contributed by atoms with Crippen molar-refractivity contribution in [3.63, 3.8) is 0 Å². The number of likely N-dealkylation sites (N-methyl/N-ethyl adjacent to an activating group) is 2. The Morgan fingerprint density at radius 1 is 1.11 bits per heavy atom. The standard InChI is InChI=1S/C18H26N4O5S/c1-6-7-10-19(2)16(23)12-20(3)28(26,27)13-8-9-15-14(11-13)17(24)22(5)18(25)21(15)4/h8-9,11H,6-7,10,12H2,1-5H3. The van der Waals surface area contributed by atoms with Crippen molar-refractivity contribution < 1.29 is 13.2 Å². The van der Waals surface area contributed by atoms with Gasteiger partial charge < -0.3 is 4.90 Å². The lowest BCUT2D eigenvalue weighted by atomic mass is 10.2. The number of amides is 1. The average molecular weight is 410 g/mol. The Labute approximate surface area is 163 Å². The van der Waals surface area contributed by atoms with Crippen molar-refractivity contribution in [2.75, 3.05) is 27.2 Å². The van der Waals surface area contributed by atoms with E-state index in [-0.39, 0.29) is 22.7 Å². The summed E-state index contributed by atoms with van der Waals surface area (Å²) < 4.78 is 28.9. The van der Waals surface area contributed by atoms with Crippen LogP contribution in [0.25, 0.3) is 10.9 Å². The first kappa shape index (κ1) is 21.8. The topological polar surface area (TPSA) is 102 Å². The second-order valence-corrected chi connectivity index (χ2v) is 8.86. The van der Waals surface area contributed by atoms with Crippen molar-refractivity contribution in [2.24, 2.45) is 14.1 Å². The van der Waals surface area contributed by atoms with Gasteiger partial charge in [-0.3, -0.25) is 18.7 Å². The molecule has 0 atom stereocenters. The van der Waals surface area contributed by atoms with Crippen molar-refractivity contribution in [2.45, 2.75) is 24.7 Å². The quantitative estimate of drug-likeness (QED) is 0.645. The molecule has 0 fully saturated rings. The van der Waals surface area contributed by atoms with E-state index in [2.05, 4.69) is 0 Å². The highest BCUT2D eigenvalue weighted by molar-refractivity contribution is 7.89. The summed E-state index contributed by atoms with van der Waals surface area (Å²) in [6.45, 7) is 2.27. The molecular weight excluding hydrogens is 384 g/mol. The summed E-state index contributed by atoms with van der Waals surface area (Å²) in [5.74, 6) is -0.307. The van der Waals surface area contributed by atoms with Crippen LogP contribution in [0.2, 0.25) is 0 Å². The minimum absolute atomic E-state index is 0.109. The first-order valence-corrected chi connectivity index (χ1v) is 10.4. The smallest absolute Gasteiger partial charge is 0.330 e. The molecule has 0 radical (unpaired) electrons. The van der Waals surface area contributed by atoms with Crippen LogP contribution in [0, 0.1) is 0 Å². The maximum Gasteiger partial charge on any atom is 0.330 e. The molecule has 0 saturated heterocycles. The largest absolute Gasteiger partial charge is 0.345 e. The maximum absolute atomic E-state index is 12.9. The molecule has 9 nitrogen and oxygen atoms in total. The Balaban J connectivity index is 2.40. The Bertz CT molecular complexity index is 1120. The summed E-state index contributed by atoms with van der Waals surface area (Å²) >= 11 is 0. The van der Waals surface area contributed by atoms with Gasteiger partial charge in [-0.05, 0) is 24.6 Å². The summed E-state index contributed by atoms with van der Waals surface area (Å²) in [6, 6.07) is 4.00. The lowest BCUT2D eigenvalue weighted by Crippen LogP contribution is -2.40. The molecule has 0 N–H and O–H groups in total. The van der Waals surface area contributed by atoms with Gasteiger partial charge in [0.05, 0.1) is 22.3 Å². The Morgan fingerprint density at radius 3 is 2.36 bits per heavy atom. The summed E-state index contributed by atoms with van der Waals surface area (Å²) in [6.07, 6.45) is 1.77. The van der Waals surface area contributed by atoms with Gasteiger partial charge in [0, 0.05) is 34.7 Å². The third kappa shape index (κ3) is 4.02. The van der Waals surface area contributed by atoms with Crippen LogP contribution in [0.4, 0.5) is 0 Å². The molecule has 2 rings (SSSR count). The van der Waals surface area contributed by atoms with Crippen molar-refractivity contribution in [1.29, 1.82) is 0 Å². The van der Waals surface area contributed by atoms with Gasteiger partial charge in [0.1, 0.15) is 0 Å². The summed E-state index contributed by atoms with van der Waals surface area (Å²) in [7, 11) is 1.82. The fraction of sp³-hybridized carbons (Fsp3) is 0.500. The molecule has 0 unspecified atom stereocenters. The first-order chi connectivity index (χ1) is 13.0. The van der Waals surface area contributed by atoms with Crippen LogP contribution in [0.15, 0.2) is 32.7 Å². The van der Waals surface area contributed by atoms with Gasteiger partial charge in [0.15, 0.2) is 0 Å². The number of aromatic nitrogens is 2. The van der Waals surface area contributed by atoms with E-state index in [0.717, 1.165) is 21.7 Å². The molecule has 1 aromatic heterocycles. The lowest BCUT2D eigenvalue weighted by molar-refractivity contribution is -0.129. The maximum atomic E-state index is 12.9. The van der Waals surface area contributed by atoms with Crippen molar-refractivity contribution in [1.82, 2.24) is 18.3 Å². The second kappa shape index (κ2) is 8.27. The van der Waals surface area contributed by atoms with Gasteiger partial charge in [-0.15, -0.1) is 0 Å². The van der Waals surface area contributed by atoms with E-state index in [1.54, 1.807) is 7.05 Å². The van der Waals surface area contributed by atoms with Gasteiger partial charge >= 0.3 is 5.69 Å². The molecule has 2 aromatic rings. The molecule has 0 saturated carbocycles. The molecule has 0 aliphatic heterocycles. The van der Waals surface area contributed by atoms with Crippen LogP contribution in [0.5, 0.6) is 0 Å². The van der Waals surface area contributed by atoms with Gasteiger partial charge in [0.25, 0.3) is 5.56 Å². The third-order valence-electron chi connectivity index (χ3n) is 4.78. The number of aryl methyl sites for hydroxylation is 1. The zero-order valence-corrected chi connectivity index (χ0v) is 17.6. The number of sulfonamides is 1. The highest BCUT2D eigenvalue weighted by atomic mass is 32.2. The van der Waals surface area contributed by atoms with Crippen LogP contribution in [-0.2, 0) is 28.9 Å². The number of unbranched alkanes of at least 4 members (excludes halogenated alkanes) is 1. The molecule has 1 amide bonds. The van der Waals surface area contributed by atoms with Gasteiger partial charge in [-0.1, -0.05) is 13.3 Å². The molecule has 1 heterocycles. The number of hydrogen-bond acceptors (Lipinski definition) is 5. The number of benzene rings is 1. The normalized spacial score (nSPS) is 11.9. The van der Waals surface area contributed by atoms with Crippen LogP contribution >= 0.6 is 0 Å². The minimum Gasteiger partial charge on any atom is -0.345 e. The van der Waals surface area contributed by atoms with Crippen molar-refractivity contribution >= 4 is 26.8 Å². The molecule has 28 heavy (non-hydrogen) atoms. The number of rotatable bonds is 7. The monoisotopic (exact) mass is 410 g/mol. The van der Waals surface area contributed by atoms with E-state index in [9.17, 15) is 22.8 Å². The molecule has 0 aliphatic rings. The summed E-state index contributed by atoms with van der Waals surface area (Å²) in [4.78, 5) is 38.1. The molecule has 0 bridgehead atoms. The van der Waals surface area contributed by atoms with Crippen molar-refractivity contribution in [3.05, 3.63) is 39.0 Å². The molecule has 0 aliphatic carbocycles. The lowest BCUT2D eigenvalue weighted by Gasteiger charge is -2.22. The third-order valence-corrected chi connectivity index (χ3v) is 6.58. The molecule has 1 aromatic carbocycles. The fourth-order valence-electron chi connectivity index (χ4n) is 2.83. The second-order valence-electron chi connectivity index (χ2n) is 6.81. The zero-order chi connectivity index (χ0) is 21.2. The van der Waals surface area contributed by atoms with Crippen LogP contribution in [-0.4, -0.2) is 59.8 Å². The molecule has 10 heteroatoms. The number of fused-ring (bicyclic) bond motifs is 1. The number of nitrogens with zero attached hydrogens (tertiary/aromatic N) is 4. The van der Waals surface area contributed by atoms with Gasteiger partial charge in [0.2, 0.25) is 15.9 Å².